The number of pyridine rings is 1. The first kappa shape index (κ1) is 22.5. The van der Waals surface area contributed by atoms with Gasteiger partial charge in [0, 0.05) is 55.9 Å². The summed E-state index contributed by atoms with van der Waals surface area (Å²) >= 11 is 6.26. The molecule has 182 valence electrons. The molecule has 1 aromatic carbocycles. The first-order valence-electron chi connectivity index (χ1n) is 12.4. The number of carbonyl (C=O) groups is 3. The van der Waals surface area contributed by atoms with Crippen LogP contribution in [0.4, 0.5) is 5.69 Å². The molecule has 1 spiro atoms. The topological polar surface area (TPSA) is 85.9 Å². The number of hydrogen-bond acceptors (Lipinski definition) is 5. The normalized spacial score (nSPS) is 28.6. The van der Waals surface area contributed by atoms with E-state index >= 15 is 0 Å². The number of rotatable bonds is 1. The fraction of sp³-hybridized carbons (Fsp3) is 0.462. The third-order valence-electron chi connectivity index (χ3n) is 8.12. The summed E-state index contributed by atoms with van der Waals surface area (Å²) in [4.78, 5) is 51.1. The van der Waals surface area contributed by atoms with E-state index < -0.39 is 11.5 Å². The molecule has 0 radical (unpaired) electrons. The van der Waals surface area contributed by atoms with Crippen LogP contribution in [0.25, 0.3) is 0 Å². The van der Waals surface area contributed by atoms with E-state index in [1.165, 1.54) is 6.20 Å². The van der Waals surface area contributed by atoms with E-state index in [1.54, 1.807) is 22.1 Å². The average molecular weight is 494 g/mol. The summed E-state index contributed by atoms with van der Waals surface area (Å²) in [6.07, 6.45) is 6.37. The standard InChI is InChI=1S/C26H28ClN5O3/c27-21-16-28-10-8-18(21)24(34)30-11-4-9-29-23(33)20-15-17-5-3-12-32(17)26(20)19-6-1-2-7-22(19)31(14-13-30)25(26)35/h1-2,6-8,10,16-17,20H,3-5,9,11-15H2,(H,29,33)/t17-,20-,26+/m0/s1. The Bertz CT molecular complexity index is 1210. The van der Waals surface area contributed by atoms with Gasteiger partial charge in [-0.3, -0.25) is 24.3 Å². The van der Waals surface area contributed by atoms with Gasteiger partial charge in [-0.2, -0.15) is 0 Å². The van der Waals surface area contributed by atoms with Crippen molar-refractivity contribution < 1.29 is 14.4 Å². The number of fused-ring (bicyclic) bond motifs is 4. The molecule has 4 aliphatic heterocycles. The second-order valence-corrected chi connectivity index (χ2v) is 10.2. The lowest BCUT2D eigenvalue weighted by Crippen LogP contribution is -2.57. The van der Waals surface area contributed by atoms with Crippen molar-refractivity contribution in [1.82, 2.24) is 20.1 Å². The van der Waals surface area contributed by atoms with Gasteiger partial charge < -0.3 is 15.1 Å². The van der Waals surface area contributed by atoms with Gasteiger partial charge in [0.25, 0.3) is 11.8 Å². The molecule has 0 unspecified atom stereocenters. The van der Waals surface area contributed by atoms with Crippen LogP contribution in [0.5, 0.6) is 0 Å². The van der Waals surface area contributed by atoms with Crippen molar-refractivity contribution in [3.05, 3.63) is 58.9 Å². The number of hydrogen-bond donors (Lipinski definition) is 1. The molecule has 3 amide bonds. The van der Waals surface area contributed by atoms with Gasteiger partial charge in [-0.1, -0.05) is 29.8 Å². The molecule has 9 heteroatoms. The lowest BCUT2D eigenvalue weighted by Gasteiger charge is -2.38. The Morgan fingerprint density at radius 3 is 2.80 bits per heavy atom. The maximum absolute atomic E-state index is 14.3. The zero-order valence-electron chi connectivity index (χ0n) is 19.5. The molecule has 3 fully saturated rings. The third-order valence-corrected chi connectivity index (χ3v) is 8.42. The largest absolute Gasteiger partial charge is 0.356 e. The third kappa shape index (κ3) is 3.30. The minimum absolute atomic E-state index is 0.0434. The number of carbonyl (C=O) groups excluding carboxylic acids is 3. The zero-order chi connectivity index (χ0) is 24.2. The Hall–Kier alpha value is -2.97. The van der Waals surface area contributed by atoms with E-state index in [1.807, 2.05) is 24.3 Å². The van der Waals surface area contributed by atoms with Crippen LogP contribution in [0, 0.1) is 5.92 Å². The van der Waals surface area contributed by atoms with Crippen molar-refractivity contribution in [2.24, 2.45) is 5.92 Å². The summed E-state index contributed by atoms with van der Waals surface area (Å²) in [7, 11) is 0. The minimum atomic E-state index is -0.968. The summed E-state index contributed by atoms with van der Waals surface area (Å²) in [6, 6.07) is 9.71. The molecule has 3 saturated heterocycles. The summed E-state index contributed by atoms with van der Waals surface area (Å²) in [5, 5.41) is 3.39. The molecule has 1 aromatic heterocycles. The number of para-hydroxylation sites is 1. The number of nitrogens with zero attached hydrogens (tertiary/aromatic N) is 4. The Balaban J connectivity index is 1.40. The van der Waals surface area contributed by atoms with Crippen molar-refractivity contribution in [3.63, 3.8) is 0 Å². The van der Waals surface area contributed by atoms with Gasteiger partial charge in [-0.25, -0.2) is 0 Å². The predicted octanol–water partition coefficient (Wildman–Crippen LogP) is 2.42. The summed E-state index contributed by atoms with van der Waals surface area (Å²) in [5.74, 6) is -0.730. The van der Waals surface area contributed by atoms with E-state index in [0.717, 1.165) is 30.6 Å². The molecular formula is C26H28ClN5O3. The van der Waals surface area contributed by atoms with Gasteiger partial charge in [-0.05, 0) is 44.4 Å². The molecule has 0 saturated carbocycles. The molecule has 2 aromatic rings. The van der Waals surface area contributed by atoms with Crippen molar-refractivity contribution in [3.8, 4) is 0 Å². The summed E-state index contributed by atoms with van der Waals surface area (Å²) in [6.45, 7) is 2.44. The van der Waals surface area contributed by atoms with Crippen molar-refractivity contribution >= 4 is 35.0 Å². The van der Waals surface area contributed by atoms with Gasteiger partial charge >= 0.3 is 0 Å². The van der Waals surface area contributed by atoms with Gasteiger partial charge in [0.15, 0.2) is 0 Å². The van der Waals surface area contributed by atoms with Gasteiger partial charge in [0.05, 0.1) is 16.5 Å². The van der Waals surface area contributed by atoms with Crippen molar-refractivity contribution in [1.29, 1.82) is 0 Å². The number of anilines is 1. The summed E-state index contributed by atoms with van der Waals surface area (Å²) in [5.41, 5.74) is 1.18. The van der Waals surface area contributed by atoms with Crippen LogP contribution in [0.1, 0.15) is 41.6 Å². The summed E-state index contributed by atoms with van der Waals surface area (Å²) < 4.78 is 0. The van der Waals surface area contributed by atoms with E-state index in [4.69, 9.17) is 11.6 Å². The molecule has 6 rings (SSSR count). The Morgan fingerprint density at radius 1 is 1.09 bits per heavy atom. The van der Waals surface area contributed by atoms with Gasteiger partial charge in [0.2, 0.25) is 5.91 Å². The smallest absolute Gasteiger partial charge is 0.255 e. The van der Waals surface area contributed by atoms with Crippen LogP contribution >= 0.6 is 11.6 Å². The monoisotopic (exact) mass is 493 g/mol. The molecule has 3 atom stereocenters. The minimum Gasteiger partial charge on any atom is -0.356 e. The van der Waals surface area contributed by atoms with Crippen LogP contribution in [0.2, 0.25) is 5.02 Å². The molecule has 0 aliphatic carbocycles. The quantitative estimate of drug-likeness (QED) is 0.659. The molecule has 35 heavy (non-hydrogen) atoms. The second kappa shape index (κ2) is 8.60. The maximum atomic E-state index is 14.3. The first-order valence-corrected chi connectivity index (χ1v) is 12.8. The van der Waals surface area contributed by atoms with E-state index in [9.17, 15) is 14.4 Å². The Morgan fingerprint density at radius 2 is 1.94 bits per heavy atom. The number of halogens is 1. The lowest BCUT2D eigenvalue weighted by molar-refractivity contribution is -0.139. The van der Waals surface area contributed by atoms with Crippen molar-refractivity contribution in [2.75, 3.05) is 37.6 Å². The van der Waals surface area contributed by atoms with Crippen LogP contribution in [-0.2, 0) is 15.1 Å². The number of aromatic nitrogens is 1. The van der Waals surface area contributed by atoms with Crippen LogP contribution in [-0.4, -0.2) is 71.3 Å². The predicted molar refractivity (Wildman–Crippen MR) is 131 cm³/mol. The highest BCUT2D eigenvalue weighted by atomic mass is 35.5. The molecule has 8 nitrogen and oxygen atoms in total. The first-order chi connectivity index (χ1) is 17.0. The van der Waals surface area contributed by atoms with Crippen LogP contribution < -0.4 is 10.2 Å². The highest BCUT2D eigenvalue weighted by molar-refractivity contribution is 6.33. The number of nitrogens with one attached hydrogen (secondary N) is 1. The van der Waals surface area contributed by atoms with E-state index in [0.29, 0.717) is 49.6 Å². The van der Waals surface area contributed by atoms with E-state index in [2.05, 4.69) is 15.2 Å². The SMILES string of the molecule is O=C1NCCCN(C(=O)c2ccncc2Cl)CCN2C(=O)[C@@]3(c4ccccc42)[C@H]1C[C@@H]1CCCN13. The van der Waals surface area contributed by atoms with E-state index in [-0.39, 0.29) is 23.8 Å². The van der Waals surface area contributed by atoms with Gasteiger partial charge in [0.1, 0.15) is 5.54 Å². The molecular weight excluding hydrogens is 466 g/mol. The second-order valence-electron chi connectivity index (χ2n) is 9.81. The van der Waals surface area contributed by atoms with Crippen LogP contribution in [0.3, 0.4) is 0 Å². The average Bonchev–Trinajstić information content (AvgIpc) is 3.51. The number of amides is 3. The van der Waals surface area contributed by atoms with Crippen LogP contribution in [0.15, 0.2) is 42.7 Å². The number of benzene rings is 1. The van der Waals surface area contributed by atoms with Gasteiger partial charge in [-0.15, -0.1) is 0 Å². The molecule has 2 bridgehead atoms. The Labute approximate surface area is 209 Å². The highest BCUT2D eigenvalue weighted by Gasteiger charge is 2.67. The zero-order valence-corrected chi connectivity index (χ0v) is 20.2. The Kier molecular flexibility index (Phi) is 5.53. The van der Waals surface area contributed by atoms with Crippen molar-refractivity contribution in [2.45, 2.75) is 37.3 Å². The fourth-order valence-electron chi connectivity index (χ4n) is 6.64. The highest BCUT2D eigenvalue weighted by Crippen LogP contribution is 2.57. The fourth-order valence-corrected chi connectivity index (χ4v) is 6.84. The molecule has 1 N–H and O–H groups in total. The molecule has 5 heterocycles. The molecule has 4 aliphatic rings. The maximum Gasteiger partial charge on any atom is 0.255 e. The lowest BCUT2D eigenvalue weighted by atomic mass is 9.78.